The van der Waals surface area contributed by atoms with Gasteiger partial charge < -0.3 is 4.74 Å². The number of hydrogen-bond acceptors (Lipinski definition) is 1. The fourth-order valence-corrected chi connectivity index (χ4v) is 5.37. The van der Waals surface area contributed by atoms with E-state index in [1.54, 1.807) is 6.07 Å². The van der Waals surface area contributed by atoms with Crippen molar-refractivity contribution < 1.29 is 13.5 Å². The van der Waals surface area contributed by atoms with Gasteiger partial charge in [-0.3, -0.25) is 0 Å². The molecule has 2 aliphatic carbocycles. The summed E-state index contributed by atoms with van der Waals surface area (Å²) >= 11 is 0. The third-order valence-corrected chi connectivity index (χ3v) is 6.62. The summed E-state index contributed by atoms with van der Waals surface area (Å²) in [4.78, 5) is 0. The molecule has 0 radical (unpaired) electrons. The summed E-state index contributed by atoms with van der Waals surface area (Å²) in [6.07, 6.45) is 9.70. The van der Waals surface area contributed by atoms with Crippen molar-refractivity contribution >= 4 is 0 Å². The number of halogens is 2. The molecule has 2 fully saturated rings. The molecule has 4 unspecified atom stereocenters. The molecule has 0 heterocycles. The predicted octanol–water partition coefficient (Wildman–Crippen LogP) is 6.74. The average molecular weight is 368 g/mol. The molecule has 2 saturated carbocycles. The third-order valence-electron chi connectivity index (χ3n) is 6.62. The van der Waals surface area contributed by atoms with E-state index in [0.29, 0.717) is 11.5 Å². The largest absolute Gasteiger partial charge is 0.494 e. The van der Waals surface area contributed by atoms with Crippen LogP contribution in [0.5, 0.6) is 5.75 Å². The molecular formula is C24H26F2O. The van der Waals surface area contributed by atoms with Crippen molar-refractivity contribution in [2.75, 3.05) is 7.11 Å². The SMILES string of the molecule is C/C=C/C1CCC2C(c3ccc(-c4ccc(OC)c(F)c4F)cc3)CCC12. The Bertz CT molecular complexity index is 840. The Morgan fingerprint density at radius 1 is 0.889 bits per heavy atom. The van der Waals surface area contributed by atoms with Gasteiger partial charge in [-0.25, -0.2) is 4.39 Å². The zero-order chi connectivity index (χ0) is 19.0. The van der Waals surface area contributed by atoms with E-state index in [4.69, 9.17) is 4.74 Å². The summed E-state index contributed by atoms with van der Waals surface area (Å²) in [5.74, 6) is 1.04. The van der Waals surface area contributed by atoms with E-state index in [-0.39, 0.29) is 11.3 Å². The van der Waals surface area contributed by atoms with Crippen LogP contribution in [0, 0.1) is 29.4 Å². The number of ether oxygens (including phenoxy) is 1. The van der Waals surface area contributed by atoms with E-state index in [0.717, 1.165) is 17.8 Å². The first kappa shape index (κ1) is 18.2. The summed E-state index contributed by atoms with van der Waals surface area (Å²) < 4.78 is 33.2. The van der Waals surface area contributed by atoms with E-state index in [1.165, 1.54) is 44.4 Å². The Morgan fingerprint density at radius 2 is 1.63 bits per heavy atom. The van der Waals surface area contributed by atoms with E-state index < -0.39 is 11.6 Å². The lowest BCUT2D eigenvalue weighted by Crippen LogP contribution is -2.11. The summed E-state index contributed by atoms with van der Waals surface area (Å²) in [7, 11) is 1.34. The summed E-state index contributed by atoms with van der Waals surface area (Å²) in [6, 6.07) is 11.1. The monoisotopic (exact) mass is 368 g/mol. The van der Waals surface area contributed by atoms with Gasteiger partial charge >= 0.3 is 0 Å². The smallest absolute Gasteiger partial charge is 0.201 e. The van der Waals surface area contributed by atoms with Crippen LogP contribution in [0.25, 0.3) is 11.1 Å². The third kappa shape index (κ3) is 3.18. The maximum absolute atomic E-state index is 14.4. The molecule has 4 atom stereocenters. The molecule has 0 aromatic heterocycles. The van der Waals surface area contributed by atoms with Gasteiger partial charge in [0.25, 0.3) is 0 Å². The summed E-state index contributed by atoms with van der Waals surface area (Å²) in [5.41, 5.74) is 2.31. The van der Waals surface area contributed by atoms with Crippen molar-refractivity contribution in [1.82, 2.24) is 0 Å². The Balaban J connectivity index is 1.56. The van der Waals surface area contributed by atoms with Crippen molar-refractivity contribution in [2.45, 2.75) is 38.5 Å². The lowest BCUT2D eigenvalue weighted by atomic mass is 9.84. The maximum atomic E-state index is 14.4. The van der Waals surface area contributed by atoms with Crippen molar-refractivity contribution in [1.29, 1.82) is 0 Å². The van der Waals surface area contributed by atoms with Crippen LogP contribution in [-0.2, 0) is 0 Å². The first-order chi connectivity index (χ1) is 13.1. The van der Waals surface area contributed by atoms with Gasteiger partial charge in [0, 0.05) is 5.56 Å². The second-order valence-electron chi connectivity index (χ2n) is 7.84. The molecule has 27 heavy (non-hydrogen) atoms. The minimum atomic E-state index is -0.932. The van der Waals surface area contributed by atoms with E-state index in [1.807, 2.05) is 12.1 Å². The van der Waals surface area contributed by atoms with Gasteiger partial charge in [-0.05, 0) is 79.5 Å². The molecule has 4 rings (SSSR count). The summed E-state index contributed by atoms with van der Waals surface area (Å²) in [5, 5.41) is 0. The minimum absolute atomic E-state index is 0.0678. The van der Waals surface area contributed by atoms with Crippen molar-refractivity contribution in [3.63, 3.8) is 0 Å². The van der Waals surface area contributed by atoms with Crippen LogP contribution >= 0.6 is 0 Å². The van der Waals surface area contributed by atoms with Crippen LogP contribution in [-0.4, -0.2) is 7.11 Å². The summed E-state index contributed by atoms with van der Waals surface area (Å²) in [6.45, 7) is 2.11. The molecule has 2 aromatic carbocycles. The van der Waals surface area contributed by atoms with Gasteiger partial charge in [0.2, 0.25) is 5.82 Å². The molecule has 142 valence electrons. The minimum Gasteiger partial charge on any atom is -0.494 e. The molecule has 3 heteroatoms. The second kappa shape index (κ2) is 7.46. The van der Waals surface area contributed by atoms with Crippen molar-refractivity contribution in [2.24, 2.45) is 17.8 Å². The van der Waals surface area contributed by atoms with Gasteiger partial charge in [0.1, 0.15) is 0 Å². The lowest BCUT2D eigenvalue weighted by molar-refractivity contribution is 0.372. The highest BCUT2D eigenvalue weighted by molar-refractivity contribution is 5.65. The molecule has 2 aliphatic rings. The molecule has 2 aromatic rings. The van der Waals surface area contributed by atoms with Gasteiger partial charge in [-0.1, -0.05) is 36.4 Å². The zero-order valence-corrected chi connectivity index (χ0v) is 15.9. The number of rotatable bonds is 4. The van der Waals surface area contributed by atoms with E-state index in [2.05, 4.69) is 31.2 Å². The predicted molar refractivity (Wildman–Crippen MR) is 105 cm³/mol. The fourth-order valence-electron chi connectivity index (χ4n) is 5.37. The zero-order valence-electron chi connectivity index (χ0n) is 15.9. The molecule has 0 spiro atoms. The van der Waals surface area contributed by atoms with Crippen LogP contribution in [0.4, 0.5) is 8.78 Å². The number of allylic oxidation sites excluding steroid dienone is 2. The Morgan fingerprint density at radius 3 is 2.33 bits per heavy atom. The molecule has 0 N–H and O–H groups in total. The van der Waals surface area contributed by atoms with Crippen LogP contribution in [0.1, 0.15) is 44.1 Å². The Labute approximate surface area is 160 Å². The van der Waals surface area contributed by atoms with E-state index in [9.17, 15) is 8.78 Å². The first-order valence-corrected chi connectivity index (χ1v) is 9.89. The molecule has 0 bridgehead atoms. The van der Waals surface area contributed by atoms with Gasteiger partial charge in [0.05, 0.1) is 7.11 Å². The fraction of sp³-hybridized carbons (Fsp3) is 0.417. The van der Waals surface area contributed by atoms with Crippen molar-refractivity contribution in [3.05, 3.63) is 65.7 Å². The maximum Gasteiger partial charge on any atom is 0.201 e. The number of benzene rings is 2. The number of fused-ring (bicyclic) bond motifs is 1. The van der Waals surface area contributed by atoms with Gasteiger partial charge in [-0.2, -0.15) is 4.39 Å². The van der Waals surface area contributed by atoms with Gasteiger partial charge in [-0.15, -0.1) is 0 Å². The normalized spacial score (nSPS) is 27.3. The van der Waals surface area contributed by atoms with Crippen molar-refractivity contribution in [3.8, 4) is 16.9 Å². The topological polar surface area (TPSA) is 9.23 Å². The molecule has 0 amide bonds. The Kier molecular flexibility index (Phi) is 5.03. The number of hydrogen-bond donors (Lipinski definition) is 0. The number of methoxy groups -OCH3 is 1. The molecule has 0 aliphatic heterocycles. The quantitative estimate of drug-likeness (QED) is 0.543. The molecule has 1 nitrogen and oxygen atoms in total. The highest BCUT2D eigenvalue weighted by Crippen LogP contribution is 2.54. The van der Waals surface area contributed by atoms with Crippen LogP contribution in [0.2, 0.25) is 0 Å². The molecular weight excluding hydrogens is 342 g/mol. The highest BCUT2D eigenvalue weighted by atomic mass is 19.2. The Hall–Kier alpha value is -2.16. The highest BCUT2D eigenvalue weighted by Gasteiger charge is 2.44. The second-order valence-corrected chi connectivity index (χ2v) is 7.84. The lowest BCUT2D eigenvalue weighted by Gasteiger charge is -2.20. The molecule has 0 saturated heterocycles. The standard InChI is InChI=1S/C24H26F2O/c1-3-4-15-9-10-21-18(15)11-12-19(21)16-5-7-17(8-6-16)20-13-14-22(27-2)24(26)23(20)25/h3-8,13-15,18-19,21H,9-12H2,1-2H3/b4-3+. The van der Waals surface area contributed by atoms with Crippen LogP contribution in [0.15, 0.2) is 48.6 Å². The van der Waals surface area contributed by atoms with Gasteiger partial charge in [0.15, 0.2) is 11.6 Å². The van der Waals surface area contributed by atoms with Crippen LogP contribution in [0.3, 0.4) is 0 Å². The van der Waals surface area contributed by atoms with E-state index >= 15 is 0 Å². The first-order valence-electron chi connectivity index (χ1n) is 9.89. The average Bonchev–Trinajstić information content (AvgIpc) is 3.28. The van der Waals surface area contributed by atoms with Crippen LogP contribution < -0.4 is 4.74 Å².